The topological polar surface area (TPSA) is 50.4 Å². The number of carbonyl (C=O) groups is 1. The van der Waals surface area contributed by atoms with Crippen LogP contribution in [0.3, 0.4) is 0 Å². The third-order valence-electron chi connectivity index (χ3n) is 2.27. The van der Waals surface area contributed by atoms with Crippen molar-refractivity contribution < 1.29 is 9.53 Å². The molecule has 78 valence electrons. The Kier molecular flexibility index (Phi) is 6.54. The molecule has 0 bridgehead atoms. The fourth-order valence-electron chi connectivity index (χ4n) is 1.16. The minimum Gasteiger partial charge on any atom is -0.378 e. The van der Waals surface area contributed by atoms with E-state index in [4.69, 9.17) is 9.53 Å². The van der Waals surface area contributed by atoms with Crippen LogP contribution in [0.4, 0.5) is 0 Å². The van der Waals surface area contributed by atoms with Crippen molar-refractivity contribution in [1.29, 1.82) is 0 Å². The molecule has 0 saturated carbocycles. The highest BCUT2D eigenvalue weighted by Crippen LogP contribution is 2.20. The van der Waals surface area contributed by atoms with Crippen molar-refractivity contribution >= 4 is 6.41 Å². The van der Waals surface area contributed by atoms with Gasteiger partial charge in [-0.25, -0.2) is 0 Å². The van der Waals surface area contributed by atoms with Crippen LogP contribution < -0.4 is 10.6 Å². The van der Waals surface area contributed by atoms with E-state index in [0.717, 1.165) is 25.9 Å². The summed E-state index contributed by atoms with van der Waals surface area (Å²) >= 11 is 0. The molecule has 4 heteroatoms. The maximum absolute atomic E-state index is 9.06. The minimum absolute atomic E-state index is 0.158. The average molecular weight is 188 g/mol. The van der Waals surface area contributed by atoms with Crippen LogP contribution >= 0.6 is 0 Å². The lowest BCUT2D eigenvalue weighted by Crippen LogP contribution is -2.40. The molecule has 2 N–H and O–H groups in total. The van der Waals surface area contributed by atoms with Gasteiger partial charge in [-0.05, 0) is 32.9 Å². The molecular formula is C9H20N2O2. The number of nitrogens with one attached hydrogen (secondary N) is 2. The fourth-order valence-corrected chi connectivity index (χ4v) is 1.16. The highest BCUT2D eigenvalue weighted by molar-refractivity contribution is 5.44. The van der Waals surface area contributed by atoms with E-state index in [1.807, 2.05) is 0 Å². The molecule has 1 saturated heterocycles. The second-order valence-electron chi connectivity index (χ2n) is 3.31. The van der Waals surface area contributed by atoms with Crippen LogP contribution in [0.5, 0.6) is 0 Å². The first-order valence-electron chi connectivity index (χ1n) is 4.55. The normalized spacial score (nSPS) is 19.6. The number of amides is 1. The summed E-state index contributed by atoms with van der Waals surface area (Å²) in [6, 6.07) is 0. The summed E-state index contributed by atoms with van der Waals surface area (Å²) in [5.41, 5.74) is 0.158. The molecule has 0 aromatic heterocycles. The molecule has 0 aromatic carbocycles. The Morgan fingerprint density at radius 1 is 1.46 bits per heavy atom. The van der Waals surface area contributed by atoms with E-state index in [-0.39, 0.29) is 5.60 Å². The van der Waals surface area contributed by atoms with E-state index in [1.165, 1.54) is 0 Å². The van der Waals surface area contributed by atoms with Gasteiger partial charge in [-0.15, -0.1) is 0 Å². The van der Waals surface area contributed by atoms with Gasteiger partial charge in [0, 0.05) is 14.2 Å². The van der Waals surface area contributed by atoms with Gasteiger partial charge >= 0.3 is 0 Å². The highest BCUT2D eigenvalue weighted by atomic mass is 16.5. The van der Waals surface area contributed by atoms with Gasteiger partial charge in [0.25, 0.3) is 0 Å². The monoisotopic (exact) mass is 188 g/mol. The summed E-state index contributed by atoms with van der Waals surface area (Å²) in [5.74, 6) is 0. The standard InChI is InChI=1S/C7H15NO.C2H5NO/c1-7(9-2)3-5-8-6-4-7;1-3-2-4/h8H,3-6H2,1-2H3;2H,1H3,(H,3,4). The van der Waals surface area contributed by atoms with Gasteiger partial charge in [0.2, 0.25) is 6.41 Å². The summed E-state index contributed by atoms with van der Waals surface area (Å²) in [6.45, 7) is 4.38. The van der Waals surface area contributed by atoms with Gasteiger partial charge < -0.3 is 15.4 Å². The van der Waals surface area contributed by atoms with Gasteiger partial charge in [-0.2, -0.15) is 0 Å². The second kappa shape index (κ2) is 6.86. The lowest BCUT2D eigenvalue weighted by atomic mass is 9.95. The fraction of sp³-hybridized carbons (Fsp3) is 0.889. The Labute approximate surface area is 80.0 Å². The van der Waals surface area contributed by atoms with Crippen molar-refractivity contribution in [1.82, 2.24) is 10.6 Å². The molecule has 0 unspecified atom stereocenters. The first-order valence-corrected chi connectivity index (χ1v) is 4.55. The van der Waals surface area contributed by atoms with Gasteiger partial charge in [-0.3, -0.25) is 4.79 Å². The van der Waals surface area contributed by atoms with Crippen LogP contribution in [0.15, 0.2) is 0 Å². The van der Waals surface area contributed by atoms with Crippen molar-refractivity contribution in [3.63, 3.8) is 0 Å². The van der Waals surface area contributed by atoms with E-state index in [9.17, 15) is 0 Å². The Bertz CT molecular complexity index is 134. The smallest absolute Gasteiger partial charge is 0.206 e. The summed E-state index contributed by atoms with van der Waals surface area (Å²) in [6.07, 6.45) is 2.91. The van der Waals surface area contributed by atoms with Crippen molar-refractivity contribution in [3.8, 4) is 0 Å². The molecule has 13 heavy (non-hydrogen) atoms. The lowest BCUT2D eigenvalue weighted by molar-refractivity contribution is -0.109. The number of methoxy groups -OCH3 is 1. The number of carbonyl (C=O) groups excluding carboxylic acids is 1. The molecule has 1 fully saturated rings. The molecule has 1 aliphatic rings. The van der Waals surface area contributed by atoms with Crippen LogP contribution in [0.25, 0.3) is 0 Å². The Hall–Kier alpha value is -0.610. The first-order chi connectivity index (χ1) is 6.18. The summed E-state index contributed by atoms with van der Waals surface area (Å²) < 4.78 is 5.34. The predicted molar refractivity (Wildman–Crippen MR) is 52.6 cm³/mol. The minimum atomic E-state index is 0.158. The third-order valence-corrected chi connectivity index (χ3v) is 2.27. The number of rotatable bonds is 2. The third kappa shape index (κ3) is 5.60. The molecule has 1 amide bonds. The molecular weight excluding hydrogens is 168 g/mol. The Morgan fingerprint density at radius 2 is 1.92 bits per heavy atom. The molecule has 0 radical (unpaired) electrons. The maximum atomic E-state index is 9.06. The van der Waals surface area contributed by atoms with Crippen molar-refractivity contribution in [2.24, 2.45) is 0 Å². The summed E-state index contributed by atoms with van der Waals surface area (Å²) in [4.78, 5) is 9.06. The number of hydrogen-bond donors (Lipinski definition) is 2. The quantitative estimate of drug-likeness (QED) is 0.606. The summed E-state index contributed by atoms with van der Waals surface area (Å²) in [7, 11) is 3.36. The van der Waals surface area contributed by atoms with Crippen LogP contribution in [0.1, 0.15) is 19.8 Å². The largest absolute Gasteiger partial charge is 0.378 e. The van der Waals surface area contributed by atoms with Crippen molar-refractivity contribution in [2.45, 2.75) is 25.4 Å². The molecule has 1 aliphatic heterocycles. The first kappa shape index (κ1) is 12.4. The Balaban J connectivity index is 0.000000310. The second-order valence-corrected chi connectivity index (χ2v) is 3.31. The SMILES string of the molecule is CNC=O.COC1(C)CCNCC1. The Morgan fingerprint density at radius 3 is 2.15 bits per heavy atom. The zero-order valence-electron chi connectivity index (χ0n) is 8.72. The predicted octanol–water partition coefficient (Wildman–Crippen LogP) is 0.137. The summed E-state index contributed by atoms with van der Waals surface area (Å²) in [5, 5.41) is 5.54. The zero-order valence-corrected chi connectivity index (χ0v) is 8.72. The lowest BCUT2D eigenvalue weighted by Gasteiger charge is -2.32. The molecule has 1 heterocycles. The zero-order chi connectivity index (χ0) is 10.2. The number of ether oxygens (including phenoxy) is 1. The molecule has 1 rings (SSSR count). The van der Waals surface area contributed by atoms with E-state index < -0.39 is 0 Å². The molecule has 0 atom stereocenters. The van der Waals surface area contributed by atoms with Gasteiger partial charge in [0.15, 0.2) is 0 Å². The van der Waals surface area contributed by atoms with Crippen molar-refractivity contribution in [3.05, 3.63) is 0 Å². The molecule has 0 aromatic rings. The molecule has 0 aliphatic carbocycles. The van der Waals surface area contributed by atoms with Crippen LogP contribution in [-0.4, -0.2) is 39.3 Å². The van der Waals surface area contributed by atoms with Crippen LogP contribution in [0.2, 0.25) is 0 Å². The van der Waals surface area contributed by atoms with E-state index >= 15 is 0 Å². The van der Waals surface area contributed by atoms with Gasteiger partial charge in [-0.1, -0.05) is 0 Å². The van der Waals surface area contributed by atoms with E-state index in [2.05, 4.69) is 17.6 Å². The molecule has 4 nitrogen and oxygen atoms in total. The highest BCUT2D eigenvalue weighted by Gasteiger charge is 2.25. The molecule has 0 spiro atoms. The average Bonchev–Trinajstić information content (AvgIpc) is 2.20. The van der Waals surface area contributed by atoms with Crippen molar-refractivity contribution in [2.75, 3.05) is 27.2 Å². The maximum Gasteiger partial charge on any atom is 0.206 e. The van der Waals surface area contributed by atoms with E-state index in [0.29, 0.717) is 6.41 Å². The van der Waals surface area contributed by atoms with Crippen LogP contribution in [-0.2, 0) is 9.53 Å². The van der Waals surface area contributed by atoms with Gasteiger partial charge in [0.05, 0.1) is 5.60 Å². The number of hydrogen-bond acceptors (Lipinski definition) is 3. The van der Waals surface area contributed by atoms with Crippen LogP contribution in [0, 0.1) is 0 Å². The van der Waals surface area contributed by atoms with E-state index in [1.54, 1.807) is 14.2 Å². The van der Waals surface area contributed by atoms with Gasteiger partial charge in [0.1, 0.15) is 0 Å². The number of piperidine rings is 1.